The molecule has 2 heteroatoms. The van der Waals surface area contributed by atoms with E-state index in [1.807, 2.05) is 20.8 Å². The van der Waals surface area contributed by atoms with Crippen LogP contribution >= 0.6 is 0 Å². The molecule has 0 fully saturated rings. The summed E-state index contributed by atoms with van der Waals surface area (Å²) in [5, 5.41) is 0. The number of ether oxygens (including phenoxy) is 1. The number of halogens is 1. The molecule has 0 aliphatic heterocycles. The van der Waals surface area contributed by atoms with Gasteiger partial charge in [0.2, 0.25) is 0 Å². The summed E-state index contributed by atoms with van der Waals surface area (Å²) in [5.41, 5.74) is 0. The van der Waals surface area contributed by atoms with Crippen molar-refractivity contribution in [3.63, 3.8) is 0 Å². The van der Waals surface area contributed by atoms with Crippen LogP contribution in [-0.4, -0.2) is 12.5 Å². The van der Waals surface area contributed by atoms with E-state index in [-0.39, 0.29) is 6.10 Å². The SMILES string of the molecule is CCCC(F)OC(C)CC. The van der Waals surface area contributed by atoms with Gasteiger partial charge in [-0.3, -0.25) is 0 Å². The second-order valence-corrected chi connectivity index (χ2v) is 2.55. The molecule has 0 aliphatic carbocycles. The van der Waals surface area contributed by atoms with Crippen LogP contribution in [0.1, 0.15) is 40.0 Å². The molecule has 1 nitrogen and oxygen atoms in total. The van der Waals surface area contributed by atoms with Crippen LogP contribution in [0.3, 0.4) is 0 Å². The first kappa shape index (κ1) is 9.89. The van der Waals surface area contributed by atoms with Crippen molar-refractivity contribution in [1.82, 2.24) is 0 Å². The largest absolute Gasteiger partial charge is 0.345 e. The molecule has 62 valence electrons. The predicted octanol–water partition coefficient (Wildman–Crippen LogP) is 2.90. The topological polar surface area (TPSA) is 9.23 Å². The molecule has 0 aromatic carbocycles. The highest BCUT2D eigenvalue weighted by molar-refractivity contribution is 4.47. The zero-order valence-electron chi connectivity index (χ0n) is 7.06. The standard InChI is InChI=1S/C8H17FO/c1-4-6-8(9)10-7(3)5-2/h7-8H,4-6H2,1-3H3. The predicted molar refractivity (Wildman–Crippen MR) is 40.6 cm³/mol. The van der Waals surface area contributed by atoms with Gasteiger partial charge < -0.3 is 4.74 Å². The van der Waals surface area contributed by atoms with Crippen molar-refractivity contribution in [3.8, 4) is 0 Å². The second kappa shape index (κ2) is 5.66. The van der Waals surface area contributed by atoms with Crippen LogP contribution in [0, 0.1) is 0 Å². The summed E-state index contributed by atoms with van der Waals surface area (Å²) >= 11 is 0. The monoisotopic (exact) mass is 148 g/mol. The number of hydrogen-bond donors (Lipinski definition) is 0. The maximum absolute atomic E-state index is 12.6. The molecule has 0 rings (SSSR count). The quantitative estimate of drug-likeness (QED) is 0.582. The Labute approximate surface area is 62.6 Å². The summed E-state index contributed by atoms with van der Waals surface area (Å²) in [5.74, 6) is 0. The minimum absolute atomic E-state index is 0.0570. The fourth-order valence-corrected chi connectivity index (χ4v) is 0.643. The van der Waals surface area contributed by atoms with Gasteiger partial charge in [-0.25, -0.2) is 4.39 Å². The summed E-state index contributed by atoms with van der Waals surface area (Å²) in [7, 11) is 0. The Hall–Kier alpha value is -0.110. The minimum Gasteiger partial charge on any atom is -0.345 e. The molecule has 0 bridgehead atoms. The van der Waals surface area contributed by atoms with E-state index < -0.39 is 6.36 Å². The van der Waals surface area contributed by atoms with Crippen molar-refractivity contribution in [2.75, 3.05) is 0 Å². The van der Waals surface area contributed by atoms with Crippen LogP contribution in [0.5, 0.6) is 0 Å². The minimum atomic E-state index is -1.06. The molecule has 0 radical (unpaired) electrons. The molecule has 2 unspecified atom stereocenters. The van der Waals surface area contributed by atoms with E-state index in [1.165, 1.54) is 0 Å². The summed E-state index contributed by atoms with van der Waals surface area (Å²) in [6.45, 7) is 5.83. The smallest absolute Gasteiger partial charge is 0.199 e. The van der Waals surface area contributed by atoms with Gasteiger partial charge in [-0.15, -0.1) is 0 Å². The van der Waals surface area contributed by atoms with Gasteiger partial charge >= 0.3 is 0 Å². The van der Waals surface area contributed by atoms with E-state index in [1.54, 1.807) is 0 Å². The van der Waals surface area contributed by atoms with E-state index in [4.69, 9.17) is 4.74 Å². The molecule has 0 spiro atoms. The third-order valence-corrected chi connectivity index (χ3v) is 1.47. The summed E-state index contributed by atoms with van der Waals surface area (Å²) in [4.78, 5) is 0. The van der Waals surface area contributed by atoms with E-state index >= 15 is 0 Å². The maximum atomic E-state index is 12.6. The Bertz CT molecular complexity index is 75.7. The molecule has 0 saturated heterocycles. The van der Waals surface area contributed by atoms with Crippen LogP contribution in [-0.2, 0) is 4.74 Å². The number of hydrogen-bond acceptors (Lipinski definition) is 1. The molecule has 0 aromatic heterocycles. The lowest BCUT2D eigenvalue weighted by atomic mass is 10.3. The average Bonchev–Trinajstić information content (AvgIpc) is 1.88. The highest BCUT2D eigenvalue weighted by Gasteiger charge is 2.08. The molecule has 0 saturated carbocycles. The molecule has 0 aromatic rings. The van der Waals surface area contributed by atoms with Crippen molar-refractivity contribution < 1.29 is 9.13 Å². The maximum Gasteiger partial charge on any atom is 0.199 e. The summed E-state index contributed by atoms with van der Waals surface area (Å²) < 4.78 is 17.6. The first-order valence-corrected chi connectivity index (χ1v) is 4.00. The van der Waals surface area contributed by atoms with Crippen LogP contribution in [0.2, 0.25) is 0 Å². The number of rotatable bonds is 5. The van der Waals surface area contributed by atoms with Crippen molar-refractivity contribution in [1.29, 1.82) is 0 Å². The Morgan fingerprint density at radius 3 is 2.40 bits per heavy atom. The molecule has 0 amide bonds. The van der Waals surface area contributed by atoms with Crippen LogP contribution in [0.15, 0.2) is 0 Å². The van der Waals surface area contributed by atoms with Crippen LogP contribution in [0.25, 0.3) is 0 Å². The van der Waals surface area contributed by atoms with Crippen molar-refractivity contribution in [2.45, 2.75) is 52.5 Å². The van der Waals surface area contributed by atoms with Gasteiger partial charge in [-0.1, -0.05) is 20.3 Å². The molecule has 2 atom stereocenters. The Kier molecular flexibility index (Phi) is 5.60. The molecule has 0 aliphatic rings. The number of alkyl halides is 1. The molecule has 0 N–H and O–H groups in total. The van der Waals surface area contributed by atoms with Gasteiger partial charge in [-0.05, 0) is 13.3 Å². The van der Waals surface area contributed by atoms with Crippen LogP contribution < -0.4 is 0 Å². The van der Waals surface area contributed by atoms with Crippen molar-refractivity contribution in [3.05, 3.63) is 0 Å². The van der Waals surface area contributed by atoms with Gasteiger partial charge in [0.1, 0.15) is 0 Å². The van der Waals surface area contributed by atoms with Crippen molar-refractivity contribution >= 4 is 0 Å². The van der Waals surface area contributed by atoms with Gasteiger partial charge in [0, 0.05) is 6.42 Å². The third-order valence-electron chi connectivity index (χ3n) is 1.47. The van der Waals surface area contributed by atoms with Crippen molar-refractivity contribution in [2.24, 2.45) is 0 Å². The van der Waals surface area contributed by atoms with Gasteiger partial charge in [-0.2, -0.15) is 0 Å². The lowest BCUT2D eigenvalue weighted by Gasteiger charge is -2.13. The average molecular weight is 148 g/mol. The first-order chi connectivity index (χ1) is 4.70. The normalized spacial score (nSPS) is 16.8. The lowest BCUT2D eigenvalue weighted by molar-refractivity contribution is -0.0833. The fourth-order valence-electron chi connectivity index (χ4n) is 0.643. The third kappa shape index (κ3) is 4.74. The first-order valence-electron chi connectivity index (χ1n) is 4.00. The zero-order chi connectivity index (χ0) is 7.98. The highest BCUT2D eigenvalue weighted by atomic mass is 19.1. The Morgan fingerprint density at radius 2 is 2.00 bits per heavy atom. The Balaban J connectivity index is 3.27. The fraction of sp³-hybridized carbons (Fsp3) is 1.00. The van der Waals surface area contributed by atoms with Gasteiger partial charge in [0.15, 0.2) is 6.36 Å². The Morgan fingerprint density at radius 1 is 1.40 bits per heavy atom. The molecular weight excluding hydrogens is 131 g/mol. The van der Waals surface area contributed by atoms with Gasteiger partial charge in [0.05, 0.1) is 6.10 Å². The summed E-state index contributed by atoms with van der Waals surface area (Å²) in [6, 6.07) is 0. The van der Waals surface area contributed by atoms with Gasteiger partial charge in [0.25, 0.3) is 0 Å². The molecular formula is C8H17FO. The van der Waals surface area contributed by atoms with E-state index in [9.17, 15) is 4.39 Å². The highest BCUT2D eigenvalue weighted by Crippen LogP contribution is 2.08. The molecule has 0 heterocycles. The van der Waals surface area contributed by atoms with Crippen LogP contribution in [0.4, 0.5) is 4.39 Å². The van der Waals surface area contributed by atoms with E-state index in [2.05, 4.69) is 0 Å². The zero-order valence-corrected chi connectivity index (χ0v) is 7.06. The van der Waals surface area contributed by atoms with E-state index in [0.29, 0.717) is 6.42 Å². The lowest BCUT2D eigenvalue weighted by Crippen LogP contribution is -2.14. The van der Waals surface area contributed by atoms with E-state index in [0.717, 1.165) is 12.8 Å². The molecule has 10 heavy (non-hydrogen) atoms. The summed E-state index contributed by atoms with van der Waals surface area (Å²) in [6.07, 6.45) is 1.24. The second-order valence-electron chi connectivity index (χ2n) is 2.55.